The third-order valence-electron chi connectivity index (χ3n) is 3.96. The molecule has 10 heteroatoms. The van der Waals surface area contributed by atoms with Gasteiger partial charge < -0.3 is 5.32 Å². The smallest absolute Gasteiger partial charge is 0.320 e. The first-order valence-electron chi connectivity index (χ1n) is 7.79. The van der Waals surface area contributed by atoms with Crippen molar-refractivity contribution in [1.29, 1.82) is 0 Å². The average Bonchev–Trinajstić information content (AvgIpc) is 3.01. The van der Waals surface area contributed by atoms with Crippen LogP contribution in [-0.4, -0.2) is 20.4 Å². The van der Waals surface area contributed by atoms with Gasteiger partial charge in [0.25, 0.3) is 11.6 Å². The lowest BCUT2D eigenvalue weighted by Gasteiger charge is -2.16. The first kappa shape index (κ1) is 18.7. The third kappa shape index (κ3) is 3.59. The number of hydrogen-bond acceptors (Lipinski definition) is 4. The van der Waals surface area contributed by atoms with Crippen LogP contribution >= 0.6 is 11.6 Å². The van der Waals surface area contributed by atoms with Gasteiger partial charge in [0.05, 0.1) is 32.6 Å². The summed E-state index contributed by atoms with van der Waals surface area (Å²) in [6.07, 6.45) is 0. The van der Waals surface area contributed by atoms with Gasteiger partial charge in [-0.05, 0) is 25.1 Å². The second kappa shape index (κ2) is 7.28. The molecule has 0 aliphatic rings. The van der Waals surface area contributed by atoms with Crippen molar-refractivity contribution < 1.29 is 18.5 Å². The summed E-state index contributed by atoms with van der Waals surface area (Å²) in [4.78, 5) is 26.7. The normalized spacial score (nSPS) is 12.3. The lowest BCUT2D eigenvalue weighted by Crippen LogP contribution is -2.29. The molecular weight excluding hydrogens is 382 g/mol. The number of para-hydroxylation sites is 2. The van der Waals surface area contributed by atoms with Crippen LogP contribution in [0.3, 0.4) is 0 Å². The van der Waals surface area contributed by atoms with Gasteiger partial charge in [0.15, 0.2) is 0 Å². The van der Waals surface area contributed by atoms with E-state index in [2.05, 4.69) is 10.3 Å². The van der Waals surface area contributed by atoms with E-state index in [0.717, 1.165) is 16.7 Å². The van der Waals surface area contributed by atoms with Crippen molar-refractivity contribution in [3.05, 3.63) is 69.0 Å². The Morgan fingerprint density at radius 2 is 2.00 bits per heavy atom. The molecule has 2 aromatic carbocycles. The van der Waals surface area contributed by atoms with E-state index in [0.29, 0.717) is 5.52 Å². The molecule has 0 saturated heterocycles. The number of benzene rings is 2. The van der Waals surface area contributed by atoms with E-state index in [4.69, 9.17) is 11.6 Å². The number of carbonyl (C=O) groups excluding carboxylic acids is 1. The number of carbonyl (C=O) groups is 1. The summed E-state index contributed by atoms with van der Waals surface area (Å²) in [5, 5.41) is 13.2. The molecule has 7 nitrogen and oxygen atoms in total. The van der Waals surface area contributed by atoms with E-state index < -0.39 is 23.4 Å². The van der Waals surface area contributed by atoms with Crippen molar-refractivity contribution in [3.8, 4) is 0 Å². The predicted molar refractivity (Wildman–Crippen MR) is 95.0 cm³/mol. The Bertz CT molecular complexity index is 1040. The van der Waals surface area contributed by atoms with Crippen LogP contribution in [-0.2, 0) is 0 Å². The van der Waals surface area contributed by atoms with Gasteiger partial charge in [-0.1, -0.05) is 23.7 Å². The molecule has 1 atom stereocenters. The molecule has 140 valence electrons. The summed E-state index contributed by atoms with van der Waals surface area (Å²) in [5.41, 5.74) is 0.358. The van der Waals surface area contributed by atoms with Gasteiger partial charge in [-0.15, -0.1) is 0 Å². The fourth-order valence-corrected chi connectivity index (χ4v) is 2.97. The number of nitrogens with one attached hydrogen (secondary N) is 1. The average molecular weight is 395 g/mol. The summed E-state index contributed by atoms with van der Waals surface area (Å²) < 4.78 is 27.8. The number of fused-ring (bicyclic) bond motifs is 1. The van der Waals surface area contributed by atoms with E-state index in [9.17, 15) is 23.7 Å². The summed E-state index contributed by atoms with van der Waals surface area (Å²) in [5.74, 6) is -0.673. The van der Waals surface area contributed by atoms with Gasteiger partial charge in [-0.2, -0.15) is 8.78 Å². The van der Waals surface area contributed by atoms with Crippen LogP contribution in [0.5, 0.6) is 0 Å². The fraction of sp³-hybridized carbons (Fsp3) is 0.176. The Morgan fingerprint density at radius 1 is 1.30 bits per heavy atom. The summed E-state index contributed by atoms with van der Waals surface area (Å²) in [7, 11) is 0. The second-order valence-electron chi connectivity index (χ2n) is 5.72. The van der Waals surface area contributed by atoms with Crippen LogP contribution in [0.15, 0.2) is 42.5 Å². The highest BCUT2D eigenvalue weighted by Gasteiger charge is 2.24. The highest BCUT2D eigenvalue weighted by molar-refractivity contribution is 6.34. The summed E-state index contributed by atoms with van der Waals surface area (Å²) in [6, 6.07) is 8.94. The van der Waals surface area contributed by atoms with Crippen LogP contribution in [0.25, 0.3) is 11.0 Å². The molecule has 3 rings (SSSR count). The topological polar surface area (TPSA) is 90.1 Å². The molecular formula is C17H13ClF2N4O3. The van der Waals surface area contributed by atoms with Gasteiger partial charge >= 0.3 is 6.55 Å². The zero-order chi connectivity index (χ0) is 19.7. The van der Waals surface area contributed by atoms with E-state index in [1.54, 1.807) is 18.2 Å². The van der Waals surface area contributed by atoms with Crippen molar-refractivity contribution >= 4 is 34.2 Å². The molecule has 1 aromatic heterocycles. The summed E-state index contributed by atoms with van der Waals surface area (Å²) in [6.45, 7) is -1.33. The molecule has 0 spiro atoms. The molecule has 0 radical (unpaired) electrons. The molecule has 1 N–H and O–H groups in total. The van der Waals surface area contributed by atoms with Crippen molar-refractivity contribution in [2.75, 3.05) is 0 Å². The van der Waals surface area contributed by atoms with Gasteiger partial charge in [-0.3, -0.25) is 19.5 Å². The number of halogens is 3. The third-order valence-corrected chi connectivity index (χ3v) is 4.27. The standard InChI is InChI=1S/C17H13ClF2N4O3/c1-9(15-22-13-4-2-3-5-14(13)23(15)17(19)20)21-16(25)11-7-6-10(24(26)27)8-12(11)18/h2-9,17H,1H3,(H,21,25)/t9-/m1/s1. The predicted octanol–water partition coefficient (Wildman–Crippen LogP) is 4.48. The maximum absolute atomic E-state index is 13.5. The number of amides is 1. The quantitative estimate of drug-likeness (QED) is 0.510. The van der Waals surface area contributed by atoms with Crippen LogP contribution in [0.1, 0.15) is 35.7 Å². The largest absolute Gasteiger partial charge is 0.342 e. The molecule has 0 bridgehead atoms. The van der Waals surface area contributed by atoms with E-state index in [1.807, 2.05) is 0 Å². The summed E-state index contributed by atoms with van der Waals surface area (Å²) >= 11 is 5.94. The molecule has 0 saturated carbocycles. The van der Waals surface area contributed by atoms with E-state index in [1.165, 1.54) is 19.1 Å². The highest BCUT2D eigenvalue weighted by Crippen LogP contribution is 2.27. The number of alkyl halides is 2. The Morgan fingerprint density at radius 3 is 2.63 bits per heavy atom. The monoisotopic (exact) mass is 394 g/mol. The van der Waals surface area contributed by atoms with Gasteiger partial charge in [-0.25, -0.2) is 4.98 Å². The Labute approximate surface area is 156 Å². The Balaban J connectivity index is 1.90. The van der Waals surface area contributed by atoms with Gasteiger partial charge in [0, 0.05) is 12.1 Å². The molecule has 0 aliphatic carbocycles. The van der Waals surface area contributed by atoms with Gasteiger partial charge in [0.2, 0.25) is 0 Å². The SMILES string of the molecule is C[C@@H](NC(=O)c1ccc([N+](=O)[O-])cc1Cl)c1nc2ccccc2n1C(F)F. The first-order valence-corrected chi connectivity index (χ1v) is 8.17. The number of non-ortho nitro benzene ring substituents is 1. The van der Waals surface area contributed by atoms with Crippen molar-refractivity contribution in [2.24, 2.45) is 0 Å². The van der Waals surface area contributed by atoms with Crippen molar-refractivity contribution in [3.63, 3.8) is 0 Å². The molecule has 1 heterocycles. The fourth-order valence-electron chi connectivity index (χ4n) is 2.71. The van der Waals surface area contributed by atoms with Crippen molar-refractivity contribution in [2.45, 2.75) is 19.5 Å². The van der Waals surface area contributed by atoms with Crippen LogP contribution < -0.4 is 5.32 Å². The number of rotatable bonds is 5. The zero-order valence-corrected chi connectivity index (χ0v) is 14.7. The molecule has 3 aromatic rings. The van der Waals surface area contributed by atoms with E-state index in [-0.39, 0.29) is 27.6 Å². The minimum atomic E-state index is -2.84. The number of imidazole rings is 1. The van der Waals surface area contributed by atoms with E-state index >= 15 is 0 Å². The first-order chi connectivity index (χ1) is 12.8. The second-order valence-corrected chi connectivity index (χ2v) is 6.13. The molecule has 0 fully saturated rings. The van der Waals surface area contributed by atoms with Crippen LogP contribution in [0, 0.1) is 10.1 Å². The van der Waals surface area contributed by atoms with Crippen LogP contribution in [0.4, 0.5) is 14.5 Å². The minimum absolute atomic E-state index is 0.00572. The maximum Gasteiger partial charge on any atom is 0.320 e. The number of aromatic nitrogens is 2. The highest BCUT2D eigenvalue weighted by atomic mass is 35.5. The van der Waals surface area contributed by atoms with Crippen molar-refractivity contribution in [1.82, 2.24) is 14.9 Å². The number of nitro groups is 1. The number of hydrogen-bond donors (Lipinski definition) is 1. The minimum Gasteiger partial charge on any atom is -0.342 e. The number of nitro benzene ring substituents is 1. The maximum atomic E-state index is 13.5. The Hall–Kier alpha value is -3.07. The zero-order valence-electron chi connectivity index (χ0n) is 13.9. The molecule has 1 amide bonds. The van der Waals surface area contributed by atoms with Crippen LogP contribution in [0.2, 0.25) is 5.02 Å². The molecule has 27 heavy (non-hydrogen) atoms. The molecule has 0 aliphatic heterocycles. The number of nitrogens with zero attached hydrogens (tertiary/aromatic N) is 3. The lowest BCUT2D eigenvalue weighted by atomic mass is 10.1. The Kier molecular flexibility index (Phi) is 5.04. The lowest BCUT2D eigenvalue weighted by molar-refractivity contribution is -0.384. The van der Waals surface area contributed by atoms with Gasteiger partial charge in [0.1, 0.15) is 5.82 Å². The molecule has 0 unspecified atom stereocenters.